The lowest BCUT2D eigenvalue weighted by atomic mass is 10.4. The van der Waals surface area contributed by atoms with Gasteiger partial charge in [-0.05, 0) is 29.4 Å². The summed E-state index contributed by atoms with van der Waals surface area (Å²) in [6, 6.07) is 1.50. The zero-order chi connectivity index (χ0) is 15.7. The lowest BCUT2D eigenvalue weighted by molar-refractivity contribution is 0.0699. The fourth-order valence-corrected chi connectivity index (χ4v) is 3.61. The molecule has 0 fully saturated rings. The molecule has 2 N–H and O–H groups in total. The average Bonchev–Trinajstić information content (AvgIpc) is 2.80. The Hall–Kier alpha value is -0.450. The Kier molecular flexibility index (Phi) is 8.45. The number of halogens is 1. The molecule has 1 aromatic heterocycles. The molecule has 0 bridgehead atoms. The number of ether oxygens (including phenoxy) is 2. The van der Waals surface area contributed by atoms with Crippen molar-refractivity contribution in [1.29, 1.82) is 0 Å². The molecule has 0 aromatic carbocycles. The van der Waals surface area contributed by atoms with Gasteiger partial charge in [0.1, 0.15) is 10.7 Å². The van der Waals surface area contributed by atoms with E-state index in [1.165, 1.54) is 6.07 Å². The van der Waals surface area contributed by atoms with Gasteiger partial charge in [0.2, 0.25) is 10.0 Å². The quantitative estimate of drug-likeness (QED) is 0.555. The van der Waals surface area contributed by atoms with E-state index in [2.05, 4.69) is 26.0 Å². The normalized spacial score (nSPS) is 12.0. The van der Waals surface area contributed by atoms with Gasteiger partial charge in [-0.2, -0.15) is 0 Å². The fraction of sp³-hybridized carbons (Fsp3) is 0.667. The smallest absolute Gasteiger partial charge is 0.244 e. The van der Waals surface area contributed by atoms with E-state index in [4.69, 9.17) is 13.9 Å². The SMILES string of the molecule is CNCc1cc(S(=O)(=O)NCCCOCCOC)c(Br)o1. The first-order chi connectivity index (χ1) is 10.0. The highest BCUT2D eigenvalue weighted by Crippen LogP contribution is 2.25. The first-order valence-electron chi connectivity index (χ1n) is 6.50. The summed E-state index contributed by atoms with van der Waals surface area (Å²) in [5.74, 6) is 0.549. The molecule has 0 radical (unpaired) electrons. The molecule has 0 saturated heterocycles. The van der Waals surface area contributed by atoms with E-state index < -0.39 is 10.0 Å². The molecule has 0 aliphatic carbocycles. The maximum atomic E-state index is 12.1. The van der Waals surface area contributed by atoms with E-state index in [1.54, 1.807) is 14.2 Å². The van der Waals surface area contributed by atoms with Crippen LogP contribution in [-0.2, 0) is 26.0 Å². The van der Waals surface area contributed by atoms with E-state index in [-0.39, 0.29) is 9.56 Å². The van der Waals surface area contributed by atoms with Gasteiger partial charge in [-0.3, -0.25) is 0 Å². The van der Waals surface area contributed by atoms with Crippen molar-refractivity contribution in [1.82, 2.24) is 10.0 Å². The summed E-state index contributed by atoms with van der Waals surface area (Å²) in [5, 5.41) is 2.90. The third-order valence-corrected chi connectivity index (χ3v) is 4.85. The summed E-state index contributed by atoms with van der Waals surface area (Å²) >= 11 is 3.12. The van der Waals surface area contributed by atoms with Crippen LogP contribution in [0.25, 0.3) is 0 Å². The van der Waals surface area contributed by atoms with Crippen LogP contribution in [-0.4, -0.2) is 48.9 Å². The van der Waals surface area contributed by atoms with Crippen molar-refractivity contribution in [3.8, 4) is 0 Å². The highest BCUT2D eigenvalue weighted by molar-refractivity contribution is 9.10. The van der Waals surface area contributed by atoms with Crippen LogP contribution in [0.4, 0.5) is 0 Å². The standard InChI is InChI=1S/C12H21BrN2O5S/c1-14-9-10-8-11(12(13)20-10)21(16,17)15-4-3-5-19-7-6-18-2/h8,14-15H,3-7,9H2,1-2H3. The predicted octanol–water partition coefficient (Wildman–Crippen LogP) is 1.09. The van der Waals surface area contributed by atoms with E-state index >= 15 is 0 Å². The molecular formula is C12H21BrN2O5S. The summed E-state index contributed by atoms with van der Waals surface area (Å²) < 4.78 is 42.4. The second kappa shape index (κ2) is 9.54. The van der Waals surface area contributed by atoms with Crippen molar-refractivity contribution in [2.24, 2.45) is 0 Å². The predicted molar refractivity (Wildman–Crippen MR) is 81.7 cm³/mol. The van der Waals surface area contributed by atoms with Crippen molar-refractivity contribution in [3.63, 3.8) is 0 Å². The van der Waals surface area contributed by atoms with Crippen LogP contribution in [0.1, 0.15) is 12.2 Å². The third kappa shape index (κ3) is 6.45. The van der Waals surface area contributed by atoms with Gasteiger partial charge in [-0.1, -0.05) is 0 Å². The molecule has 7 nitrogen and oxygen atoms in total. The first kappa shape index (κ1) is 18.6. The Bertz CT molecular complexity index is 518. The minimum Gasteiger partial charge on any atom is -0.452 e. The molecule has 0 amide bonds. The van der Waals surface area contributed by atoms with Gasteiger partial charge in [0.15, 0.2) is 4.67 Å². The third-order valence-electron chi connectivity index (χ3n) is 2.54. The minimum atomic E-state index is -3.58. The summed E-state index contributed by atoms with van der Waals surface area (Å²) in [7, 11) is -0.228. The van der Waals surface area contributed by atoms with Gasteiger partial charge in [0, 0.05) is 26.3 Å². The van der Waals surface area contributed by atoms with Crippen molar-refractivity contribution in [2.45, 2.75) is 17.9 Å². The molecular weight excluding hydrogens is 364 g/mol. The molecule has 0 aliphatic rings. The van der Waals surface area contributed by atoms with Crippen LogP contribution in [0.15, 0.2) is 20.0 Å². The van der Waals surface area contributed by atoms with Gasteiger partial charge in [0.05, 0.1) is 19.8 Å². The second-order valence-electron chi connectivity index (χ2n) is 4.24. The Morgan fingerprint density at radius 3 is 2.76 bits per heavy atom. The lowest BCUT2D eigenvalue weighted by Gasteiger charge is -2.06. The number of hydrogen-bond acceptors (Lipinski definition) is 6. The van der Waals surface area contributed by atoms with Crippen LogP contribution >= 0.6 is 15.9 Å². The van der Waals surface area contributed by atoms with Gasteiger partial charge in [0.25, 0.3) is 0 Å². The molecule has 0 atom stereocenters. The first-order valence-corrected chi connectivity index (χ1v) is 8.78. The molecule has 0 spiro atoms. The molecule has 0 unspecified atom stereocenters. The van der Waals surface area contributed by atoms with Crippen molar-refractivity contribution in [2.75, 3.05) is 40.5 Å². The number of sulfonamides is 1. The largest absolute Gasteiger partial charge is 0.452 e. The van der Waals surface area contributed by atoms with Crippen molar-refractivity contribution in [3.05, 3.63) is 16.5 Å². The molecule has 1 rings (SSSR count). The zero-order valence-corrected chi connectivity index (χ0v) is 14.5. The summed E-state index contributed by atoms with van der Waals surface area (Å²) in [6.07, 6.45) is 0.585. The summed E-state index contributed by atoms with van der Waals surface area (Å²) in [4.78, 5) is 0.105. The Morgan fingerprint density at radius 2 is 2.10 bits per heavy atom. The topological polar surface area (TPSA) is 89.8 Å². The van der Waals surface area contributed by atoms with Gasteiger partial charge in [-0.25, -0.2) is 13.1 Å². The molecule has 122 valence electrons. The Balaban J connectivity index is 2.43. The maximum absolute atomic E-state index is 12.1. The van der Waals surface area contributed by atoms with Crippen molar-refractivity contribution < 1.29 is 22.3 Å². The highest BCUT2D eigenvalue weighted by atomic mass is 79.9. The van der Waals surface area contributed by atoms with Gasteiger partial charge < -0.3 is 19.2 Å². The Labute approximate surface area is 133 Å². The molecule has 0 saturated carbocycles. The molecule has 1 heterocycles. The minimum absolute atomic E-state index is 0.105. The highest BCUT2D eigenvalue weighted by Gasteiger charge is 2.21. The second-order valence-corrected chi connectivity index (χ2v) is 6.69. The van der Waals surface area contributed by atoms with E-state index in [9.17, 15) is 8.42 Å². The van der Waals surface area contributed by atoms with Crippen LogP contribution in [0.5, 0.6) is 0 Å². The lowest BCUT2D eigenvalue weighted by Crippen LogP contribution is -2.25. The molecule has 1 aromatic rings. The van der Waals surface area contributed by atoms with E-state index in [1.807, 2.05) is 0 Å². The number of rotatable bonds is 11. The van der Waals surface area contributed by atoms with E-state index in [0.29, 0.717) is 45.1 Å². The van der Waals surface area contributed by atoms with Gasteiger partial charge in [-0.15, -0.1) is 0 Å². The molecule has 21 heavy (non-hydrogen) atoms. The number of furan rings is 1. The van der Waals surface area contributed by atoms with E-state index in [0.717, 1.165) is 0 Å². The molecule has 9 heteroatoms. The fourth-order valence-electron chi connectivity index (χ4n) is 1.55. The number of methoxy groups -OCH3 is 1. The van der Waals surface area contributed by atoms with Crippen LogP contribution < -0.4 is 10.0 Å². The van der Waals surface area contributed by atoms with Gasteiger partial charge >= 0.3 is 0 Å². The molecule has 0 aliphatic heterocycles. The Morgan fingerprint density at radius 1 is 1.33 bits per heavy atom. The van der Waals surface area contributed by atoms with Crippen LogP contribution in [0, 0.1) is 0 Å². The summed E-state index contributed by atoms with van der Waals surface area (Å²) in [6.45, 7) is 2.27. The summed E-state index contributed by atoms with van der Waals surface area (Å²) in [5.41, 5.74) is 0. The number of hydrogen-bond donors (Lipinski definition) is 2. The average molecular weight is 385 g/mol. The van der Waals surface area contributed by atoms with Crippen LogP contribution in [0.2, 0.25) is 0 Å². The maximum Gasteiger partial charge on any atom is 0.244 e. The van der Waals surface area contributed by atoms with Crippen LogP contribution in [0.3, 0.4) is 0 Å². The zero-order valence-electron chi connectivity index (χ0n) is 12.1. The monoisotopic (exact) mass is 384 g/mol. The van der Waals surface area contributed by atoms with Crippen molar-refractivity contribution >= 4 is 26.0 Å². The number of nitrogens with one attached hydrogen (secondary N) is 2.